The van der Waals surface area contributed by atoms with Crippen molar-refractivity contribution >= 4 is 5.78 Å². The molecule has 1 nitrogen and oxygen atoms in total. The fourth-order valence-corrected chi connectivity index (χ4v) is 9.04. The Kier molecular flexibility index (Phi) is 5.60. The topological polar surface area (TPSA) is 17.1 Å². The van der Waals surface area contributed by atoms with Crippen LogP contribution in [0.3, 0.4) is 0 Å². The molecule has 4 saturated carbocycles. The molecule has 0 aliphatic heterocycles. The van der Waals surface area contributed by atoms with Gasteiger partial charge in [0, 0.05) is 6.42 Å². The number of hydrogen-bond acceptors (Lipinski definition) is 1. The predicted octanol–water partition coefficient (Wildman–Crippen LogP) is 7.60. The number of allylic oxidation sites excluding steroid dienone is 1. The van der Waals surface area contributed by atoms with E-state index in [1.54, 1.807) is 0 Å². The Morgan fingerprint density at radius 1 is 0.964 bits per heavy atom. The van der Waals surface area contributed by atoms with Gasteiger partial charge in [-0.25, -0.2) is 0 Å². The number of rotatable bonds is 5. The Balaban J connectivity index is 1.47. The Labute approximate surface area is 174 Å². The Morgan fingerprint density at radius 2 is 1.71 bits per heavy atom. The third-order valence-electron chi connectivity index (χ3n) is 10.6. The van der Waals surface area contributed by atoms with E-state index in [-0.39, 0.29) is 5.78 Å². The van der Waals surface area contributed by atoms with Crippen molar-refractivity contribution in [2.75, 3.05) is 0 Å². The minimum Gasteiger partial charge on any atom is -0.295 e. The summed E-state index contributed by atoms with van der Waals surface area (Å²) in [4.78, 5) is 12.1. The average molecular weight is 385 g/mol. The van der Waals surface area contributed by atoms with E-state index in [0.717, 1.165) is 41.6 Å². The summed E-state index contributed by atoms with van der Waals surface area (Å²) in [5.74, 6) is 5.76. The number of carbonyl (C=O) groups excluding carboxylic acids is 1. The van der Waals surface area contributed by atoms with Crippen molar-refractivity contribution in [1.82, 2.24) is 0 Å². The van der Waals surface area contributed by atoms with E-state index in [0.29, 0.717) is 23.2 Å². The lowest BCUT2D eigenvalue weighted by molar-refractivity contribution is -0.118. The quantitative estimate of drug-likeness (QED) is 0.446. The van der Waals surface area contributed by atoms with Crippen molar-refractivity contribution in [2.45, 2.75) is 105 Å². The molecule has 0 amide bonds. The summed E-state index contributed by atoms with van der Waals surface area (Å²) < 4.78 is 0. The summed E-state index contributed by atoms with van der Waals surface area (Å²) in [5.41, 5.74) is 1.92. The Morgan fingerprint density at radius 3 is 2.46 bits per heavy atom. The molecule has 158 valence electrons. The number of carbonyl (C=O) groups is 1. The van der Waals surface area contributed by atoms with Crippen molar-refractivity contribution in [1.29, 1.82) is 0 Å². The first-order chi connectivity index (χ1) is 13.3. The lowest BCUT2D eigenvalue weighted by atomic mass is 9.44. The van der Waals surface area contributed by atoms with Crippen molar-refractivity contribution in [2.24, 2.45) is 46.3 Å². The van der Waals surface area contributed by atoms with Gasteiger partial charge in [-0.1, -0.05) is 40.2 Å². The largest absolute Gasteiger partial charge is 0.295 e. The molecule has 8 atom stereocenters. The van der Waals surface area contributed by atoms with Crippen LogP contribution in [0, 0.1) is 46.3 Å². The molecule has 4 rings (SSSR count). The minimum atomic E-state index is 0.277. The van der Waals surface area contributed by atoms with Crippen LogP contribution in [0.4, 0.5) is 0 Å². The van der Waals surface area contributed by atoms with Crippen LogP contribution >= 0.6 is 0 Å². The van der Waals surface area contributed by atoms with Crippen LogP contribution in [0.25, 0.3) is 0 Å². The lowest BCUT2D eigenvalue weighted by Crippen LogP contribution is -2.53. The second-order valence-electron chi connectivity index (χ2n) is 11.9. The maximum Gasteiger partial charge on any atom is 0.157 e. The van der Waals surface area contributed by atoms with Crippen LogP contribution in [0.1, 0.15) is 105 Å². The highest BCUT2D eigenvalue weighted by atomic mass is 16.1. The summed E-state index contributed by atoms with van der Waals surface area (Å²) in [6.07, 6.45) is 16.6. The van der Waals surface area contributed by atoms with Gasteiger partial charge in [-0.15, -0.1) is 0 Å². The first-order valence-corrected chi connectivity index (χ1v) is 12.5. The highest BCUT2D eigenvalue weighted by molar-refractivity contribution is 5.94. The molecular formula is C27H44O. The molecule has 4 aliphatic rings. The molecule has 4 aliphatic carbocycles. The first-order valence-electron chi connectivity index (χ1n) is 12.5. The highest BCUT2D eigenvalue weighted by Crippen LogP contribution is 2.68. The zero-order valence-electron chi connectivity index (χ0n) is 19.1. The molecule has 0 aromatic rings. The summed E-state index contributed by atoms with van der Waals surface area (Å²) in [5, 5.41) is 0. The van der Waals surface area contributed by atoms with Gasteiger partial charge in [-0.3, -0.25) is 4.79 Å². The molecule has 0 radical (unpaired) electrons. The van der Waals surface area contributed by atoms with E-state index in [9.17, 15) is 4.79 Å². The number of Topliss-reactive ketones (excluding diaryl/α,β-unsaturated/α-hetero) is 1. The monoisotopic (exact) mass is 384 g/mol. The summed E-state index contributed by atoms with van der Waals surface area (Å²) >= 11 is 0. The van der Waals surface area contributed by atoms with Gasteiger partial charge in [0.2, 0.25) is 0 Å². The molecular weight excluding hydrogens is 340 g/mol. The summed E-state index contributed by atoms with van der Waals surface area (Å²) in [6.45, 7) is 13.5. The maximum absolute atomic E-state index is 12.1. The van der Waals surface area contributed by atoms with Crippen LogP contribution in [0.2, 0.25) is 0 Å². The number of ketones is 1. The van der Waals surface area contributed by atoms with E-state index in [1.807, 2.05) is 6.92 Å². The number of fused-ring (bicyclic) bond motifs is 5. The van der Waals surface area contributed by atoms with E-state index in [4.69, 9.17) is 0 Å². The van der Waals surface area contributed by atoms with Crippen LogP contribution in [-0.4, -0.2) is 5.78 Å². The molecule has 0 spiro atoms. The van der Waals surface area contributed by atoms with Gasteiger partial charge in [-0.2, -0.15) is 0 Å². The van der Waals surface area contributed by atoms with Gasteiger partial charge in [-0.05, 0) is 117 Å². The fourth-order valence-electron chi connectivity index (χ4n) is 9.04. The van der Waals surface area contributed by atoms with Gasteiger partial charge < -0.3 is 0 Å². The van der Waals surface area contributed by atoms with Crippen molar-refractivity contribution in [3.05, 3.63) is 12.2 Å². The molecule has 0 N–H and O–H groups in total. The minimum absolute atomic E-state index is 0.277. The van der Waals surface area contributed by atoms with Gasteiger partial charge in [0.05, 0.1) is 0 Å². The van der Waals surface area contributed by atoms with Crippen molar-refractivity contribution in [3.63, 3.8) is 0 Å². The van der Waals surface area contributed by atoms with Crippen LogP contribution in [0.5, 0.6) is 0 Å². The molecule has 1 unspecified atom stereocenters. The Bertz CT molecular complexity index is 620. The molecule has 0 saturated heterocycles. The summed E-state index contributed by atoms with van der Waals surface area (Å²) in [6, 6.07) is 0. The third kappa shape index (κ3) is 3.24. The lowest BCUT2D eigenvalue weighted by Gasteiger charge is -2.61. The third-order valence-corrected chi connectivity index (χ3v) is 10.6. The fraction of sp³-hybridized carbons (Fsp3) is 0.889. The SMILES string of the molecule is C=C(C)C(=O)CC[C@@H](C)[C@H]1CC[C@H]2[C@@H]3CCC4CCCC[C@]4(C)[C@H]3CC[C@]12C. The van der Waals surface area contributed by atoms with Crippen LogP contribution in [0.15, 0.2) is 12.2 Å². The second kappa shape index (κ2) is 7.59. The van der Waals surface area contributed by atoms with Gasteiger partial charge in [0.25, 0.3) is 0 Å². The second-order valence-corrected chi connectivity index (χ2v) is 11.9. The number of hydrogen-bond donors (Lipinski definition) is 0. The van der Waals surface area contributed by atoms with Gasteiger partial charge in [0.15, 0.2) is 5.78 Å². The standard InChI is InChI=1S/C27H44O/c1-18(2)25(28)14-9-19(3)22-12-13-23-21-11-10-20-8-6-7-16-26(20,4)24(21)15-17-27(22,23)5/h19-24H,1,6-17H2,2-5H3/t19-,20?,21+,22-,23+,24+,26+,27-/m1/s1. The smallest absolute Gasteiger partial charge is 0.157 e. The maximum atomic E-state index is 12.1. The van der Waals surface area contributed by atoms with Crippen LogP contribution in [-0.2, 0) is 4.79 Å². The van der Waals surface area contributed by atoms with E-state index in [2.05, 4.69) is 27.4 Å². The van der Waals surface area contributed by atoms with Gasteiger partial charge >= 0.3 is 0 Å². The molecule has 0 bridgehead atoms. The molecule has 0 aromatic heterocycles. The van der Waals surface area contributed by atoms with Gasteiger partial charge in [0.1, 0.15) is 0 Å². The zero-order chi connectivity index (χ0) is 20.1. The normalized spacial score (nSPS) is 46.2. The van der Waals surface area contributed by atoms with E-state index >= 15 is 0 Å². The average Bonchev–Trinajstić information content (AvgIpc) is 3.02. The van der Waals surface area contributed by atoms with Crippen LogP contribution < -0.4 is 0 Å². The molecule has 0 heterocycles. The first kappa shape index (κ1) is 20.7. The molecule has 4 fully saturated rings. The highest BCUT2D eigenvalue weighted by Gasteiger charge is 2.60. The zero-order valence-corrected chi connectivity index (χ0v) is 19.1. The molecule has 28 heavy (non-hydrogen) atoms. The van der Waals surface area contributed by atoms with Crippen molar-refractivity contribution < 1.29 is 4.79 Å². The van der Waals surface area contributed by atoms with Crippen molar-refractivity contribution in [3.8, 4) is 0 Å². The predicted molar refractivity (Wildman–Crippen MR) is 118 cm³/mol. The van der Waals surface area contributed by atoms with E-state index in [1.165, 1.54) is 64.2 Å². The molecule has 1 heteroatoms. The summed E-state index contributed by atoms with van der Waals surface area (Å²) in [7, 11) is 0. The van der Waals surface area contributed by atoms with E-state index < -0.39 is 0 Å². The Hall–Kier alpha value is -0.590. The molecule has 0 aromatic carbocycles.